The van der Waals surface area contributed by atoms with E-state index in [0.717, 1.165) is 11.1 Å². The fourth-order valence-corrected chi connectivity index (χ4v) is 3.70. The highest BCUT2D eigenvalue weighted by atomic mass is 32.2. The molecule has 0 unspecified atom stereocenters. The molecule has 0 spiro atoms. The maximum Gasteiger partial charge on any atom is 0.271 e. The number of nitrogens with zero attached hydrogens (tertiary/aromatic N) is 2. The predicted octanol–water partition coefficient (Wildman–Crippen LogP) is 3.99. The first-order valence-electron chi connectivity index (χ1n) is 9.70. The number of ether oxygens (including phenoxy) is 2. The summed E-state index contributed by atoms with van der Waals surface area (Å²) in [4.78, 5) is 25.0. The number of methoxy groups -OCH3 is 2. The molecule has 3 aromatic rings. The van der Waals surface area contributed by atoms with Gasteiger partial charge in [0.15, 0.2) is 11.5 Å². The molecular weight excluding hydrogens is 414 g/mol. The number of nitrogens with one attached hydrogen (secondary N) is 1. The highest BCUT2D eigenvalue weighted by molar-refractivity contribution is 8.00. The minimum atomic E-state index is -0.439. The lowest BCUT2D eigenvalue weighted by atomic mass is 10.1. The topological polar surface area (TPSA) is 82.5 Å². The maximum atomic E-state index is 12.7. The van der Waals surface area contributed by atoms with Gasteiger partial charge in [-0.05, 0) is 62.2 Å². The second kappa shape index (κ2) is 9.70. The minimum Gasteiger partial charge on any atom is -0.493 e. The van der Waals surface area contributed by atoms with Crippen LogP contribution in [0.2, 0.25) is 0 Å². The molecule has 8 heteroatoms. The average molecular weight is 440 g/mol. The second-order valence-electron chi connectivity index (χ2n) is 7.01. The van der Waals surface area contributed by atoms with E-state index in [1.54, 1.807) is 38.3 Å². The van der Waals surface area contributed by atoms with Gasteiger partial charge in [-0.15, -0.1) is 0 Å². The average Bonchev–Trinajstić information content (AvgIpc) is 2.76. The van der Waals surface area contributed by atoms with Crippen LogP contribution in [0.3, 0.4) is 0 Å². The van der Waals surface area contributed by atoms with Crippen molar-refractivity contribution in [2.24, 2.45) is 0 Å². The molecule has 1 aromatic heterocycles. The van der Waals surface area contributed by atoms with Crippen molar-refractivity contribution in [3.8, 4) is 17.2 Å². The van der Waals surface area contributed by atoms with Crippen molar-refractivity contribution in [2.75, 3.05) is 19.5 Å². The fraction of sp³-hybridized carbons (Fsp3) is 0.261. The third kappa shape index (κ3) is 5.27. The molecule has 31 heavy (non-hydrogen) atoms. The van der Waals surface area contributed by atoms with Gasteiger partial charge in [0.2, 0.25) is 5.91 Å². The molecule has 1 N–H and O–H groups in total. The first-order chi connectivity index (χ1) is 14.8. The summed E-state index contributed by atoms with van der Waals surface area (Å²) in [6.45, 7) is 5.79. The van der Waals surface area contributed by atoms with Crippen molar-refractivity contribution in [2.45, 2.75) is 31.0 Å². The molecule has 0 aliphatic rings. The first-order valence-corrected chi connectivity index (χ1v) is 10.6. The first kappa shape index (κ1) is 22.4. The standard InChI is InChI=1S/C23H25N3O4S/c1-14-6-8-18(12-15(14)2)26-22(27)11-10-21(25-26)31-16(3)23(28)24-17-7-9-19(29-4)20(13-17)30-5/h6-13,16H,1-5H3,(H,24,28)/t16-/m1/s1. The van der Waals surface area contributed by atoms with E-state index in [0.29, 0.717) is 27.9 Å². The zero-order valence-corrected chi connectivity index (χ0v) is 18.9. The fourth-order valence-electron chi connectivity index (χ4n) is 2.89. The van der Waals surface area contributed by atoms with Crippen LogP contribution in [-0.4, -0.2) is 35.2 Å². The Hall–Kier alpha value is -3.26. The van der Waals surface area contributed by atoms with Crippen molar-refractivity contribution < 1.29 is 14.3 Å². The van der Waals surface area contributed by atoms with E-state index < -0.39 is 5.25 Å². The third-order valence-corrected chi connectivity index (χ3v) is 5.86. The third-order valence-electron chi connectivity index (χ3n) is 4.83. The lowest BCUT2D eigenvalue weighted by Gasteiger charge is -2.14. The van der Waals surface area contributed by atoms with Gasteiger partial charge in [-0.25, -0.2) is 0 Å². The van der Waals surface area contributed by atoms with Gasteiger partial charge < -0.3 is 14.8 Å². The Kier molecular flexibility index (Phi) is 7.02. The number of amides is 1. The molecule has 0 fully saturated rings. The normalized spacial score (nSPS) is 11.6. The molecule has 0 radical (unpaired) electrons. The zero-order valence-electron chi connectivity index (χ0n) is 18.1. The van der Waals surface area contributed by atoms with Gasteiger partial charge in [0.25, 0.3) is 5.56 Å². The van der Waals surface area contributed by atoms with Gasteiger partial charge in [-0.2, -0.15) is 9.78 Å². The molecule has 1 heterocycles. The molecule has 2 aromatic carbocycles. The molecule has 0 bridgehead atoms. The Morgan fingerprint density at radius 1 is 1.00 bits per heavy atom. The SMILES string of the molecule is COc1ccc(NC(=O)[C@@H](C)Sc2ccc(=O)n(-c3ccc(C)c(C)c3)n2)cc1OC. The van der Waals surface area contributed by atoms with E-state index in [4.69, 9.17) is 9.47 Å². The molecule has 162 valence electrons. The van der Waals surface area contributed by atoms with Crippen molar-refractivity contribution >= 4 is 23.4 Å². The number of carbonyl (C=O) groups excluding carboxylic acids is 1. The number of carbonyl (C=O) groups is 1. The summed E-state index contributed by atoms with van der Waals surface area (Å²) < 4.78 is 11.8. The van der Waals surface area contributed by atoms with Crippen molar-refractivity contribution in [3.05, 3.63) is 70.0 Å². The Labute approximate surface area is 185 Å². The van der Waals surface area contributed by atoms with E-state index in [1.165, 1.54) is 29.6 Å². The van der Waals surface area contributed by atoms with Gasteiger partial charge in [0.05, 0.1) is 25.2 Å². The van der Waals surface area contributed by atoms with Crippen LogP contribution >= 0.6 is 11.8 Å². The van der Waals surface area contributed by atoms with Crippen LogP contribution in [0.4, 0.5) is 5.69 Å². The van der Waals surface area contributed by atoms with E-state index in [9.17, 15) is 9.59 Å². The summed E-state index contributed by atoms with van der Waals surface area (Å²) in [6, 6.07) is 14.0. The number of rotatable bonds is 7. The van der Waals surface area contributed by atoms with Gasteiger partial charge in [-0.3, -0.25) is 9.59 Å². The number of aromatic nitrogens is 2. The highest BCUT2D eigenvalue weighted by Crippen LogP contribution is 2.30. The van der Waals surface area contributed by atoms with Gasteiger partial charge in [0.1, 0.15) is 5.03 Å². The number of hydrogen-bond acceptors (Lipinski definition) is 6. The molecular formula is C23H25N3O4S. The highest BCUT2D eigenvalue weighted by Gasteiger charge is 2.17. The lowest BCUT2D eigenvalue weighted by molar-refractivity contribution is -0.115. The Balaban J connectivity index is 1.75. The van der Waals surface area contributed by atoms with E-state index >= 15 is 0 Å². The predicted molar refractivity (Wildman–Crippen MR) is 123 cm³/mol. The molecule has 0 saturated heterocycles. The number of thioether (sulfide) groups is 1. The molecule has 0 aliphatic carbocycles. The monoisotopic (exact) mass is 439 g/mol. The molecule has 1 amide bonds. The van der Waals surface area contributed by atoms with E-state index in [1.807, 2.05) is 32.0 Å². The van der Waals surface area contributed by atoms with Crippen molar-refractivity contribution in [3.63, 3.8) is 0 Å². The summed E-state index contributed by atoms with van der Waals surface area (Å²) in [5, 5.41) is 7.45. The van der Waals surface area contributed by atoms with Crippen LogP contribution in [0, 0.1) is 13.8 Å². The van der Waals surface area contributed by atoms with Gasteiger partial charge in [0, 0.05) is 17.8 Å². The Morgan fingerprint density at radius 3 is 2.42 bits per heavy atom. The van der Waals surface area contributed by atoms with Gasteiger partial charge >= 0.3 is 0 Å². The van der Waals surface area contributed by atoms with Crippen LogP contribution in [0.25, 0.3) is 5.69 Å². The summed E-state index contributed by atoms with van der Waals surface area (Å²) in [5.41, 5.74) is 3.28. The summed E-state index contributed by atoms with van der Waals surface area (Å²) in [6.07, 6.45) is 0. The quantitative estimate of drug-likeness (QED) is 0.561. The van der Waals surface area contributed by atoms with Crippen LogP contribution in [-0.2, 0) is 4.79 Å². The van der Waals surface area contributed by atoms with Crippen LogP contribution in [0.1, 0.15) is 18.1 Å². The number of hydrogen-bond donors (Lipinski definition) is 1. The molecule has 0 saturated carbocycles. The lowest BCUT2D eigenvalue weighted by Crippen LogP contribution is -2.24. The largest absolute Gasteiger partial charge is 0.493 e. The Bertz CT molecular complexity index is 1160. The molecule has 3 rings (SSSR count). The maximum absolute atomic E-state index is 12.7. The number of benzene rings is 2. The van der Waals surface area contributed by atoms with Crippen molar-refractivity contribution in [1.82, 2.24) is 9.78 Å². The van der Waals surface area contributed by atoms with E-state index in [-0.39, 0.29) is 11.5 Å². The summed E-state index contributed by atoms with van der Waals surface area (Å²) >= 11 is 1.27. The van der Waals surface area contributed by atoms with E-state index in [2.05, 4.69) is 10.4 Å². The number of aryl methyl sites for hydroxylation is 2. The zero-order chi connectivity index (χ0) is 22.5. The van der Waals surface area contributed by atoms with Gasteiger partial charge in [-0.1, -0.05) is 17.8 Å². The summed E-state index contributed by atoms with van der Waals surface area (Å²) in [7, 11) is 3.09. The van der Waals surface area contributed by atoms with Crippen LogP contribution < -0.4 is 20.3 Å². The molecule has 7 nitrogen and oxygen atoms in total. The second-order valence-corrected chi connectivity index (χ2v) is 8.37. The summed E-state index contributed by atoms with van der Waals surface area (Å²) in [5.74, 6) is 0.923. The minimum absolute atomic E-state index is 0.192. The molecule has 1 atom stereocenters. The molecule has 0 aliphatic heterocycles. The van der Waals surface area contributed by atoms with Crippen LogP contribution in [0.15, 0.2) is 58.4 Å². The Morgan fingerprint density at radius 2 is 1.74 bits per heavy atom. The smallest absolute Gasteiger partial charge is 0.271 e. The number of anilines is 1. The van der Waals surface area contributed by atoms with Crippen LogP contribution in [0.5, 0.6) is 11.5 Å². The van der Waals surface area contributed by atoms with Crippen molar-refractivity contribution in [1.29, 1.82) is 0 Å².